The number of azo groups is 1. The van der Waals surface area contributed by atoms with Crippen molar-refractivity contribution in [2.24, 2.45) is 10.2 Å². The van der Waals surface area contributed by atoms with E-state index in [4.69, 9.17) is 11.5 Å². The third-order valence-electron chi connectivity index (χ3n) is 5.16. The Balaban J connectivity index is 0.000000235. The molecule has 1 heterocycles. The van der Waals surface area contributed by atoms with Crippen molar-refractivity contribution in [1.82, 2.24) is 9.78 Å². The molecule has 0 spiro atoms. The lowest BCUT2D eigenvalue weighted by molar-refractivity contribution is 0.628. The van der Waals surface area contributed by atoms with Crippen LogP contribution in [-0.4, -0.2) is 9.78 Å². The molecule has 0 radical (unpaired) electrons. The molecule has 172 valence electrons. The van der Waals surface area contributed by atoms with Crippen molar-refractivity contribution in [3.8, 4) is 0 Å². The molecule has 0 saturated heterocycles. The first-order chi connectivity index (χ1) is 15.3. The van der Waals surface area contributed by atoms with Crippen LogP contribution < -0.4 is 11.5 Å². The van der Waals surface area contributed by atoms with E-state index >= 15 is 0 Å². The Labute approximate surface area is 200 Å². The smallest absolute Gasteiger partial charge is 0.121 e. The van der Waals surface area contributed by atoms with Crippen molar-refractivity contribution in [3.05, 3.63) is 63.8 Å². The van der Waals surface area contributed by atoms with Crippen molar-refractivity contribution in [2.45, 2.75) is 66.3 Å². The van der Waals surface area contributed by atoms with E-state index in [2.05, 4.69) is 45.1 Å². The summed E-state index contributed by atoms with van der Waals surface area (Å²) in [6, 6.07) is 13.7. The SMILES string of the molecule is CCCCCCc1cc(N)n(CC)n1.Cc1ccccc1N=Nc1cc(C)c(N)c(Br)c1. The first kappa shape index (κ1) is 25.6. The van der Waals surface area contributed by atoms with Crippen LogP contribution in [0.4, 0.5) is 22.9 Å². The number of hydrogen-bond acceptors (Lipinski definition) is 5. The summed E-state index contributed by atoms with van der Waals surface area (Å²) in [5.74, 6) is 0.790. The Hall–Kier alpha value is -2.67. The molecule has 0 bridgehead atoms. The second kappa shape index (κ2) is 13.0. The van der Waals surface area contributed by atoms with Crippen molar-refractivity contribution in [2.75, 3.05) is 11.5 Å². The topological polar surface area (TPSA) is 94.6 Å². The quantitative estimate of drug-likeness (QED) is 0.189. The third-order valence-corrected chi connectivity index (χ3v) is 5.81. The molecule has 7 heteroatoms. The van der Waals surface area contributed by atoms with Gasteiger partial charge in [-0.25, -0.2) is 0 Å². The van der Waals surface area contributed by atoms with Gasteiger partial charge in [0.1, 0.15) is 5.82 Å². The molecule has 0 aliphatic rings. The maximum Gasteiger partial charge on any atom is 0.121 e. The highest BCUT2D eigenvalue weighted by molar-refractivity contribution is 9.10. The van der Waals surface area contributed by atoms with Gasteiger partial charge in [-0.15, -0.1) is 0 Å². The molecule has 32 heavy (non-hydrogen) atoms. The monoisotopic (exact) mass is 498 g/mol. The predicted octanol–water partition coefficient (Wildman–Crippen LogP) is 7.67. The molecule has 6 nitrogen and oxygen atoms in total. The van der Waals surface area contributed by atoms with Gasteiger partial charge in [0.05, 0.1) is 17.1 Å². The van der Waals surface area contributed by atoms with Crippen molar-refractivity contribution in [1.29, 1.82) is 0 Å². The molecule has 0 atom stereocenters. The van der Waals surface area contributed by atoms with Gasteiger partial charge in [-0.1, -0.05) is 44.4 Å². The fourth-order valence-electron chi connectivity index (χ4n) is 3.18. The minimum atomic E-state index is 0.741. The number of nitrogens with zero attached hydrogens (tertiary/aromatic N) is 4. The zero-order valence-corrected chi connectivity index (χ0v) is 21.2. The van der Waals surface area contributed by atoms with Crippen LogP contribution in [-0.2, 0) is 13.0 Å². The number of anilines is 2. The second-order valence-electron chi connectivity index (χ2n) is 7.83. The molecule has 0 fully saturated rings. The Morgan fingerprint density at radius 1 is 0.938 bits per heavy atom. The molecule has 0 unspecified atom stereocenters. The van der Waals surface area contributed by atoms with E-state index in [0.717, 1.165) is 57.1 Å². The van der Waals surface area contributed by atoms with Gasteiger partial charge in [-0.05, 0) is 78.9 Å². The van der Waals surface area contributed by atoms with Crippen LogP contribution in [0.3, 0.4) is 0 Å². The molecular formula is C25H35BrN6. The number of aromatic nitrogens is 2. The van der Waals surface area contributed by atoms with Gasteiger partial charge in [0.2, 0.25) is 0 Å². The molecule has 0 aliphatic carbocycles. The molecule has 3 rings (SSSR count). The third kappa shape index (κ3) is 7.79. The van der Waals surface area contributed by atoms with Gasteiger partial charge in [0, 0.05) is 22.8 Å². The van der Waals surface area contributed by atoms with Crippen LogP contribution in [0.2, 0.25) is 0 Å². The number of halogens is 1. The molecule has 2 aromatic carbocycles. The summed E-state index contributed by atoms with van der Waals surface area (Å²) in [5, 5.41) is 12.9. The maximum absolute atomic E-state index is 5.86. The predicted molar refractivity (Wildman–Crippen MR) is 139 cm³/mol. The summed E-state index contributed by atoms with van der Waals surface area (Å²) < 4.78 is 2.70. The lowest BCUT2D eigenvalue weighted by atomic mass is 10.1. The molecule has 1 aromatic heterocycles. The lowest BCUT2D eigenvalue weighted by Gasteiger charge is -2.04. The summed E-state index contributed by atoms with van der Waals surface area (Å²) >= 11 is 3.41. The molecular weight excluding hydrogens is 464 g/mol. The standard InChI is InChI=1S/C14H14BrN3.C11H21N3/c1-9-5-3-4-6-13(9)18-17-11-7-10(2)14(16)12(15)8-11;1-3-5-6-7-8-10-9-11(12)14(4-2)13-10/h3-8H,16H2,1-2H3;9H,3-8,12H2,1-2H3. The first-order valence-corrected chi connectivity index (χ1v) is 12.0. The molecule has 0 aliphatic heterocycles. The van der Waals surface area contributed by atoms with E-state index in [1.807, 2.05) is 61.0 Å². The highest BCUT2D eigenvalue weighted by Crippen LogP contribution is 2.30. The van der Waals surface area contributed by atoms with Gasteiger partial charge in [0.15, 0.2) is 0 Å². The normalized spacial score (nSPS) is 10.9. The Kier molecular flexibility index (Phi) is 10.4. The maximum atomic E-state index is 5.86. The van der Waals surface area contributed by atoms with Crippen LogP contribution in [0.15, 0.2) is 57.2 Å². The van der Waals surface area contributed by atoms with Gasteiger partial charge >= 0.3 is 0 Å². The van der Waals surface area contributed by atoms with E-state index in [1.54, 1.807) is 0 Å². The number of hydrogen-bond donors (Lipinski definition) is 2. The summed E-state index contributed by atoms with van der Waals surface area (Å²) in [6.45, 7) is 9.11. The van der Waals surface area contributed by atoms with Crippen LogP contribution >= 0.6 is 15.9 Å². The highest BCUT2D eigenvalue weighted by atomic mass is 79.9. The van der Waals surface area contributed by atoms with Crippen molar-refractivity contribution in [3.63, 3.8) is 0 Å². The minimum absolute atomic E-state index is 0.741. The number of rotatable bonds is 8. The van der Waals surface area contributed by atoms with Crippen LogP contribution in [0, 0.1) is 13.8 Å². The average molecular weight is 500 g/mol. The van der Waals surface area contributed by atoms with Crippen molar-refractivity contribution < 1.29 is 0 Å². The van der Waals surface area contributed by atoms with Gasteiger partial charge in [0.25, 0.3) is 0 Å². The van der Waals surface area contributed by atoms with E-state index in [9.17, 15) is 0 Å². The van der Waals surface area contributed by atoms with Crippen LogP contribution in [0.25, 0.3) is 0 Å². The highest BCUT2D eigenvalue weighted by Gasteiger charge is 2.03. The van der Waals surface area contributed by atoms with E-state index in [-0.39, 0.29) is 0 Å². The number of nitrogen functional groups attached to an aromatic ring is 2. The zero-order valence-electron chi connectivity index (χ0n) is 19.6. The van der Waals surface area contributed by atoms with Crippen molar-refractivity contribution >= 4 is 38.8 Å². The largest absolute Gasteiger partial charge is 0.398 e. The second-order valence-corrected chi connectivity index (χ2v) is 8.69. The van der Waals surface area contributed by atoms with E-state index in [0.29, 0.717) is 0 Å². The molecule has 0 amide bonds. The first-order valence-electron chi connectivity index (χ1n) is 11.2. The van der Waals surface area contributed by atoms with E-state index in [1.165, 1.54) is 25.7 Å². The summed E-state index contributed by atoms with van der Waals surface area (Å²) in [6.07, 6.45) is 6.20. The van der Waals surface area contributed by atoms with E-state index < -0.39 is 0 Å². The molecule has 3 aromatic rings. The molecule has 4 N–H and O–H groups in total. The number of nitrogens with two attached hydrogens (primary N) is 2. The number of benzene rings is 2. The number of unbranched alkanes of at least 4 members (excludes halogenated alkanes) is 3. The minimum Gasteiger partial charge on any atom is -0.398 e. The fraction of sp³-hybridized carbons (Fsp3) is 0.400. The van der Waals surface area contributed by atoms with Gasteiger partial charge in [-0.2, -0.15) is 15.3 Å². The Bertz CT molecular complexity index is 1000. The van der Waals surface area contributed by atoms with Crippen LogP contribution in [0.1, 0.15) is 56.4 Å². The van der Waals surface area contributed by atoms with Crippen LogP contribution in [0.5, 0.6) is 0 Å². The summed E-state index contributed by atoms with van der Waals surface area (Å²) in [7, 11) is 0. The number of aryl methyl sites for hydroxylation is 4. The Morgan fingerprint density at radius 2 is 1.69 bits per heavy atom. The fourth-order valence-corrected chi connectivity index (χ4v) is 3.72. The lowest BCUT2D eigenvalue weighted by Crippen LogP contribution is -2.01. The zero-order chi connectivity index (χ0) is 23.5. The van der Waals surface area contributed by atoms with Gasteiger partial charge in [-0.3, -0.25) is 4.68 Å². The molecule has 0 saturated carbocycles. The van der Waals surface area contributed by atoms with Gasteiger partial charge < -0.3 is 11.5 Å². The average Bonchev–Trinajstić information content (AvgIpc) is 3.14. The summed E-state index contributed by atoms with van der Waals surface area (Å²) in [4.78, 5) is 0. The Morgan fingerprint density at radius 3 is 2.31 bits per heavy atom. The summed E-state index contributed by atoms with van der Waals surface area (Å²) in [5.41, 5.74) is 17.3.